The molecule has 5 heteroatoms. The van der Waals surface area contributed by atoms with E-state index in [1.54, 1.807) is 19.5 Å². The van der Waals surface area contributed by atoms with Gasteiger partial charge >= 0.3 is 5.97 Å². The van der Waals surface area contributed by atoms with Crippen molar-refractivity contribution in [2.24, 2.45) is 5.92 Å². The molecule has 128 valence electrons. The van der Waals surface area contributed by atoms with Crippen molar-refractivity contribution in [3.8, 4) is 16.9 Å². The summed E-state index contributed by atoms with van der Waals surface area (Å²) in [4.78, 5) is 15.4. The first-order chi connectivity index (χ1) is 11.5. The van der Waals surface area contributed by atoms with Gasteiger partial charge in [0.25, 0.3) is 0 Å². The number of nitrogens with zero attached hydrogens (tertiary/aromatic N) is 1. The maximum Gasteiger partial charge on any atom is 0.320 e. The summed E-state index contributed by atoms with van der Waals surface area (Å²) in [5.41, 5.74) is 3.04. The molecular weight excluding hydrogens is 304 g/mol. The first-order valence-electron chi connectivity index (χ1n) is 8.04. The van der Waals surface area contributed by atoms with Gasteiger partial charge in [0, 0.05) is 24.5 Å². The second kappa shape index (κ2) is 8.45. The number of hydrogen-bond acceptors (Lipinski definition) is 4. The van der Waals surface area contributed by atoms with Crippen LogP contribution in [0.25, 0.3) is 11.1 Å². The van der Waals surface area contributed by atoms with Gasteiger partial charge in [0.15, 0.2) is 0 Å². The van der Waals surface area contributed by atoms with E-state index < -0.39 is 12.0 Å². The number of carbonyl (C=O) groups is 1. The average molecular weight is 328 g/mol. The second-order valence-corrected chi connectivity index (χ2v) is 6.16. The number of hydrogen-bond donors (Lipinski definition) is 2. The van der Waals surface area contributed by atoms with Crippen LogP contribution in [-0.4, -0.2) is 29.2 Å². The lowest BCUT2D eigenvalue weighted by Gasteiger charge is -2.18. The third kappa shape index (κ3) is 4.80. The van der Waals surface area contributed by atoms with Crippen molar-refractivity contribution in [1.82, 2.24) is 10.3 Å². The minimum atomic E-state index is -0.826. The van der Waals surface area contributed by atoms with Crippen molar-refractivity contribution in [3.05, 3.63) is 48.3 Å². The Morgan fingerprint density at radius 2 is 1.92 bits per heavy atom. The third-order valence-corrected chi connectivity index (χ3v) is 3.84. The van der Waals surface area contributed by atoms with E-state index in [9.17, 15) is 9.90 Å². The molecule has 0 radical (unpaired) electrons. The first kappa shape index (κ1) is 17.9. The largest absolute Gasteiger partial charge is 0.496 e. The molecule has 0 spiro atoms. The smallest absolute Gasteiger partial charge is 0.320 e. The number of nitrogens with one attached hydrogen (secondary N) is 1. The number of rotatable bonds is 8. The van der Waals surface area contributed by atoms with Gasteiger partial charge in [-0.3, -0.25) is 9.78 Å². The molecule has 1 aromatic carbocycles. The molecule has 0 unspecified atom stereocenters. The van der Waals surface area contributed by atoms with Gasteiger partial charge in [-0.1, -0.05) is 19.9 Å². The standard InChI is InChI=1S/C19H24N2O3/c1-13(2)10-17(19(22)23)21-12-16-11-15(4-5-18(16)24-3)14-6-8-20-9-7-14/h4-9,11,13,17,21H,10,12H2,1-3H3,(H,22,23)/t17-/m1/s1. The molecule has 2 N–H and O–H groups in total. The Morgan fingerprint density at radius 3 is 2.50 bits per heavy atom. The molecule has 24 heavy (non-hydrogen) atoms. The highest BCUT2D eigenvalue weighted by molar-refractivity contribution is 5.73. The molecule has 0 aliphatic heterocycles. The van der Waals surface area contributed by atoms with E-state index in [4.69, 9.17) is 4.74 Å². The lowest BCUT2D eigenvalue weighted by atomic mass is 10.0. The molecule has 0 fully saturated rings. The van der Waals surface area contributed by atoms with Gasteiger partial charge in [-0.05, 0) is 47.7 Å². The summed E-state index contributed by atoms with van der Waals surface area (Å²) in [6.07, 6.45) is 4.09. The van der Waals surface area contributed by atoms with Crippen LogP contribution in [0.3, 0.4) is 0 Å². The average Bonchev–Trinajstić information content (AvgIpc) is 2.58. The molecule has 0 bridgehead atoms. The Balaban J connectivity index is 2.20. The summed E-state index contributed by atoms with van der Waals surface area (Å²) in [5, 5.41) is 12.5. The van der Waals surface area contributed by atoms with Gasteiger partial charge in [-0.15, -0.1) is 0 Å². The quantitative estimate of drug-likeness (QED) is 0.777. The van der Waals surface area contributed by atoms with Crippen LogP contribution in [0, 0.1) is 5.92 Å². The van der Waals surface area contributed by atoms with Crippen LogP contribution in [0.15, 0.2) is 42.7 Å². The van der Waals surface area contributed by atoms with Gasteiger partial charge in [0.1, 0.15) is 11.8 Å². The number of benzene rings is 1. The fourth-order valence-electron chi connectivity index (χ4n) is 2.62. The van der Waals surface area contributed by atoms with E-state index >= 15 is 0 Å². The highest BCUT2D eigenvalue weighted by Crippen LogP contribution is 2.26. The topological polar surface area (TPSA) is 71.5 Å². The van der Waals surface area contributed by atoms with E-state index in [1.165, 1.54) is 0 Å². The van der Waals surface area contributed by atoms with Crippen LogP contribution in [0.1, 0.15) is 25.8 Å². The van der Waals surface area contributed by atoms with Crippen molar-refractivity contribution in [2.45, 2.75) is 32.9 Å². The van der Waals surface area contributed by atoms with Crippen LogP contribution in [0.2, 0.25) is 0 Å². The summed E-state index contributed by atoms with van der Waals surface area (Å²) in [6.45, 7) is 4.47. The zero-order valence-electron chi connectivity index (χ0n) is 14.3. The molecule has 0 aliphatic rings. The second-order valence-electron chi connectivity index (χ2n) is 6.16. The minimum Gasteiger partial charge on any atom is -0.496 e. The Bertz CT molecular complexity index is 672. The van der Waals surface area contributed by atoms with Crippen LogP contribution in [0.5, 0.6) is 5.75 Å². The summed E-state index contributed by atoms with van der Waals surface area (Å²) < 4.78 is 5.41. The maximum atomic E-state index is 11.4. The van der Waals surface area contributed by atoms with Crippen molar-refractivity contribution < 1.29 is 14.6 Å². The molecule has 1 aromatic heterocycles. The monoisotopic (exact) mass is 328 g/mol. The molecule has 2 aromatic rings. The molecule has 0 saturated carbocycles. The summed E-state index contributed by atoms with van der Waals surface area (Å²) in [5.74, 6) is 0.227. The van der Waals surface area contributed by atoms with E-state index in [2.05, 4.69) is 10.3 Å². The molecule has 2 rings (SSSR count). The minimum absolute atomic E-state index is 0.309. The van der Waals surface area contributed by atoms with Gasteiger partial charge in [-0.2, -0.15) is 0 Å². The Labute approximate surface area is 142 Å². The van der Waals surface area contributed by atoms with Crippen molar-refractivity contribution in [3.63, 3.8) is 0 Å². The van der Waals surface area contributed by atoms with Gasteiger partial charge in [0.05, 0.1) is 7.11 Å². The highest BCUT2D eigenvalue weighted by atomic mass is 16.5. The summed E-state index contributed by atoms with van der Waals surface area (Å²) in [7, 11) is 1.62. The van der Waals surface area contributed by atoms with E-state index in [0.29, 0.717) is 18.9 Å². The van der Waals surface area contributed by atoms with Crippen LogP contribution >= 0.6 is 0 Å². The van der Waals surface area contributed by atoms with E-state index in [1.807, 2.05) is 44.2 Å². The molecule has 0 saturated heterocycles. The predicted molar refractivity (Wildman–Crippen MR) is 93.9 cm³/mol. The van der Waals surface area contributed by atoms with Crippen LogP contribution in [0.4, 0.5) is 0 Å². The van der Waals surface area contributed by atoms with Crippen LogP contribution in [-0.2, 0) is 11.3 Å². The van der Waals surface area contributed by atoms with Crippen LogP contribution < -0.4 is 10.1 Å². The Kier molecular flexibility index (Phi) is 6.32. The van der Waals surface area contributed by atoms with Crippen molar-refractivity contribution in [2.75, 3.05) is 7.11 Å². The summed E-state index contributed by atoms with van der Waals surface area (Å²) in [6, 6.07) is 9.23. The lowest BCUT2D eigenvalue weighted by Crippen LogP contribution is -2.37. The number of methoxy groups -OCH3 is 1. The molecule has 0 aliphatic carbocycles. The fraction of sp³-hybridized carbons (Fsp3) is 0.368. The normalized spacial score (nSPS) is 12.2. The fourth-order valence-corrected chi connectivity index (χ4v) is 2.62. The first-order valence-corrected chi connectivity index (χ1v) is 8.04. The number of aliphatic carboxylic acids is 1. The Hall–Kier alpha value is -2.40. The van der Waals surface area contributed by atoms with Gasteiger partial charge < -0.3 is 15.2 Å². The predicted octanol–water partition coefficient (Wildman–Crippen LogP) is 3.35. The summed E-state index contributed by atoms with van der Waals surface area (Å²) >= 11 is 0. The highest BCUT2D eigenvalue weighted by Gasteiger charge is 2.19. The van der Waals surface area contributed by atoms with Crippen molar-refractivity contribution in [1.29, 1.82) is 0 Å². The maximum absolute atomic E-state index is 11.4. The third-order valence-electron chi connectivity index (χ3n) is 3.84. The molecule has 5 nitrogen and oxygen atoms in total. The number of ether oxygens (including phenoxy) is 1. The zero-order valence-corrected chi connectivity index (χ0v) is 14.3. The van der Waals surface area contributed by atoms with E-state index in [-0.39, 0.29) is 0 Å². The SMILES string of the molecule is COc1ccc(-c2ccncc2)cc1CN[C@H](CC(C)C)C(=O)O. The Morgan fingerprint density at radius 1 is 1.21 bits per heavy atom. The lowest BCUT2D eigenvalue weighted by molar-refractivity contribution is -0.140. The van der Waals surface area contributed by atoms with Crippen molar-refractivity contribution >= 4 is 5.97 Å². The number of pyridine rings is 1. The number of aromatic nitrogens is 1. The number of carboxylic acid groups (broad SMARTS) is 1. The molecule has 1 heterocycles. The van der Waals surface area contributed by atoms with Gasteiger partial charge in [-0.25, -0.2) is 0 Å². The molecular formula is C19H24N2O3. The molecule has 0 amide bonds. The zero-order chi connectivity index (χ0) is 17.5. The number of carboxylic acids is 1. The van der Waals surface area contributed by atoms with E-state index in [0.717, 1.165) is 22.4 Å². The molecule has 1 atom stereocenters. The van der Waals surface area contributed by atoms with Gasteiger partial charge in [0.2, 0.25) is 0 Å².